The lowest BCUT2D eigenvalue weighted by atomic mass is 10.1. The van der Waals surface area contributed by atoms with E-state index in [1.165, 1.54) is 18.5 Å². The van der Waals surface area contributed by atoms with Crippen molar-refractivity contribution in [1.82, 2.24) is 14.8 Å². The van der Waals surface area contributed by atoms with Gasteiger partial charge in [-0.15, -0.1) is 0 Å². The van der Waals surface area contributed by atoms with Gasteiger partial charge in [0.1, 0.15) is 0 Å². The molecule has 2 aliphatic rings. The number of amides is 1. The highest BCUT2D eigenvalue weighted by atomic mass is 16.2. The summed E-state index contributed by atoms with van der Waals surface area (Å²) in [5, 5.41) is 0. The fourth-order valence-electron chi connectivity index (χ4n) is 4.39. The molecule has 0 N–H and O–H groups in total. The number of benzene rings is 1. The van der Waals surface area contributed by atoms with E-state index in [1.54, 1.807) is 0 Å². The van der Waals surface area contributed by atoms with Crippen LogP contribution in [0.15, 0.2) is 48.5 Å². The third-order valence-electron chi connectivity index (χ3n) is 5.70. The first-order valence-corrected chi connectivity index (χ1v) is 9.72. The minimum Gasteiger partial charge on any atom is -0.338 e. The summed E-state index contributed by atoms with van der Waals surface area (Å²) < 4.78 is 0. The van der Waals surface area contributed by atoms with Crippen LogP contribution in [0.1, 0.15) is 47.1 Å². The number of rotatable bonds is 4. The number of hydrogen-bond donors (Lipinski definition) is 0. The monoisotopic (exact) mass is 349 g/mol. The molecule has 2 aliphatic heterocycles. The van der Waals surface area contributed by atoms with E-state index in [2.05, 4.69) is 30.0 Å². The predicted octanol–water partition coefficient (Wildman–Crippen LogP) is 3.69. The molecule has 2 aromatic rings. The van der Waals surface area contributed by atoms with Gasteiger partial charge in [0, 0.05) is 30.9 Å². The lowest BCUT2D eigenvalue weighted by molar-refractivity contribution is 0.0782. The number of carbonyl (C=O) groups is 1. The molecule has 3 heterocycles. The molecule has 26 heavy (non-hydrogen) atoms. The van der Waals surface area contributed by atoms with E-state index in [9.17, 15) is 4.79 Å². The Kier molecular flexibility index (Phi) is 5.02. The Bertz CT molecular complexity index is 761. The zero-order chi connectivity index (χ0) is 17.9. The number of nitrogens with zero attached hydrogens (tertiary/aromatic N) is 3. The van der Waals surface area contributed by atoms with Crippen molar-refractivity contribution in [2.45, 2.75) is 32.2 Å². The van der Waals surface area contributed by atoms with Gasteiger partial charge in [-0.3, -0.25) is 14.7 Å². The second-order valence-corrected chi connectivity index (χ2v) is 7.63. The van der Waals surface area contributed by atoms with Crippen molar-refractivity contribution >= 4 is 5.91 Å². The summed E-state index contributed by atoms with van der Waals surface area (Å²) in [5.41, 5.74) is 3.10. The van der Waals surface area contributed by atoms with Gasteiger partial charge in [0.15, 0.2) is 0 Å². The molecule has 0 saturated carbocycles. The van der Waals surface area contributed by atoms with Gasteiger partial charge in [-0.1, -0.05) is 24.3 Å². The predicted molar refractivity (Wildman–Crippen MR) is 103 cm³/mol. The normalized spacial score (nSPS) is 23.5. The molecule has 1 aromatic carbocycles. The number of likely N-dealkylation sites (tertiary alicyclic amines) is 2. The standard InChI is InChI=1S/C22H27N3O/c1-17-7-5-10-20(23-17)21-11-6-13-24(21)15-18-12-14-25(16-18)22(26)19-8-3-2-4-9-19/h2-5,7-10,18,21H,6,11-16H2,1H3/t18-,21+/m1/s1. The SMILES string of the molecule is Cc1cccc([C@@H]2CCCN2C[C@H]2CCN(C(=O)c3ccccc3)C2)n1. The molecule has 0 bridgehead atoms. The smallest absolute Gasteiger partial charge is 0.253 e. The topological polar surface area (TPSA) is 36.4 Å². The van der Waals surface area contributed by atoms with Crippen LogP contribution >= 0.6 is 0 Å². The number of carbonyl (C=O) groups excluding carboxylic acids is 1. The molecule has 4 rings (SSSR count). The van der Waals surface area contributed by atoms with Gasteiger partial charge >= 0.3 is 0 Å². The Morgan fingerprint density at radius 3 is 2.73 bits per heavy atom. The number of aryl methyl sites for hydroxylation is 1. The van der Waals surface area contributed by atoms with Crippen LogP contribution in [-0.2, 0) is 0 Å². The molecule has 1 aromatic heterocycles. The third kappa shape index (κ3) is 3.65. The van der Waals surface area contributed by atoms with E-state index >= 15 is 0 Å². The fraction of sp³-hybridized carbons (Fsp3) is 0.455. The zero-order valence-electron chi connectivity index (χ0n) is 15.5. The highest BCUT2D eigenvalue weighted by molar-refractivity contribution is 5.94. The van der Waals surface area contributed by atoms with E-state index in [0.29, 0.717) is 12.0 Å². The van der Waals surface area contributed by atoms with Gasteiger partial charge in [-0.05, 0) is 62.9 Å². The van der Waals surface area contributed by atoms with Crippen LogP contribution in [0.2, 0.25) is 0 Å². The lowest BCUT2D eigenvalue weighted by Crippen LogP contribution is -2.33. The Labute approximate surface area is 155 Å². The van der Waals surface area contributed by atoms with Gasteiger partial charge < -0.3 is 4.90 Å². The highest BCUT2D eigenvalue weighted by Gasteiger charge is 2.33. The second kappa shape index (κ2) is 7.58. The molecular formula is C22H27N3O. The van der Waals surface area contributed by atoms with E-state index in [0.717, 1.165) is 43.9 Å². The van der Waals surface area contributed by atoms with Crippen LogP contribution < -0.4 is 0 Å². The Hall–Kier alpha value is -2.20. The maximum Gasteiger partial charge on any atom is 0.253 e. The minimum atomic E-state index is 0.173. The Morgan fingerprint density at radius 2 is 1.92 bits per heavy atom. The summed E-state index contributed by atoms with van der Waals surface area (Å²) in [4.78, 5) is 22.0. The molecular weight excluding hydrogens is 322 g/mol. The van der Waals surface area contributed by atoms with Crippen LogP contribution in [0, 0.1) is 12.8 Å². The Balaban J connectivity index is 1.38. The fourth-order valence-corrected chi connectivity index (χ4v) is 4.39. The molecule has 4 nitrogen and oxygen atoms in total. The number of pyridine rings is 1. The second-order valence-electron chi connectivity index (χ2n) is 7.63. The summed E-state index contributed by atoms with van der Waals surface area (Å²) >= 11 is 0. The molecule has 0 unspecified atom stereocenters. The van der Waals surface area contributed by atoms with Gasteiger partial charge in [0.2, 0.25) is 0 Å². The van der Waals surface area contributed by atoms with Crippen molar-refractivity contribution in [1.29, 1.82) is 0 Å². The van der Waals surface area contributed by atoms with Gasteiger partial charge in [-0.2, -0.15) is 0 Å². The van der Waals surface area contributed by atoms with E-state index in [1.807, 2.05) is 35.2 Å². The first kappa shape index (κ1) is 17.2. The quantitative estimate of drug-likeness (QED) is 0.845. The average molecular weight is 349 g/mol. The largest absolute Gasteiger partial charge is 0.338 e. The van der Waals surface area contributed by atoms with Gasteiger partial charge in [0.25, 0.3) is 5.91 Å². The molecule has 2 atom stereocenters. The minimum absolute atomic E-state index is 0.173. The van der Waals surface area contributed by atoms with Crippen LogP contribution in [0.4, 0.5) is 0 Å². The molecule has 0 spiro atoms. The Morgan fingerprint density at radius 1 is 1.08 bits per heavy atom. The van der Waals surface area contributed by atoms with Crippen LogP contribution in [-0.4, -0.2) is 46.9 Å². The summed E-state index contributed by atoms with van der Waals surface area (Å²) in [7, 11) is 0. The van der Waals surface area contributed by atoms with E-state index < -0.39 is 0 Å². The van der Waals surface area contributed by atoms with Crippen molar-refractivity contribution in [2.24, 2.45) is 5.92 Å². The van der Waals surface area contributed by atoms with Crippen LogP contribution in [0.3, 0.4) is 0 Å². The molecule has 0 aliphatic carbocycles. The maximum atomic E-state index is 12.7. The highest BCUT2D eigenvalue weighted by Crippen LogP contribution is 2.33. The van der Waals surface area contributed by atoms with Crippen molar-refractivity contribution in [2.75, 3.05) is 26.2 Å². The summed E-state index contributed by atoms with van der Waals surface area (Å²) in [6.07, 6.45) is 3.53. The lowest BCUT2D eigenvalue weighted by Gasteiger charge is -2.27. The van der Waals surface area contributed by atoms with Crippen LogP contribution in [0.25, 0.3) is 0 Å². The molecule has 4 heteroatoms. The molecule has 2 fully saturated rings. The van der Waals surface area contributed by atoms with Crippen molar-refractivity contribution in [3.8, 4) is 0 Å². The molecule has 0 radical (unpaired) electrons. The molecule has 2 saturated heterocycles. The summed E-state index contributed by atoms with van der Waals surface area (Å²) in [5.74, 6) is 0.736. The van der Waals surface area contributed by atoms with Crippen LogP contribution in [0.5, 0.6) is 0 Å². The molecule has 1 amide bonds. The van der Waals surface area contributed by atoms with Crippen molar-refractivity contribution < 1.29 is 4.79 Å². The number of hydrogen-bond acceptors (Lipinski definition) is 3. The van der Waals surface area contributed by atoms with Gasteiger partial charge in [0.05, 0.1) is 11.7 Å². The first-order valence-electron chi connectivity index (χ1n) is 9.72. The third-order valence-corrected chi connectivity index (χ3v) is 5.70. The first-order chi connectivity index (χ1) is 12.7. The molecule has 136 valence electrons. The van der Waals surface area contributed by atoms with E-state index in [-0.39, 0.29) is 5.91 Å². The zero-order valence-corrected chi connectivity index (χ0v) is 15.5. The average Bonchev–Trinajstić information content (AvgIpc) is 3.32. The van der Waals surface area contributed by atoms with Crippen molar-refractivity contribution in [3.05, 3.63) is 65.5 Å². The summed E-state index contributed by atoms with van der Waals surface area (Å²) in [6, 6.07) is 16.4. The summed E-state index contributed by atoms with van der Waals surface area (Å²) in [6.45, 7) is 6.02. The number of aromatic nitrogens is 1. The van der Waals surface area contributed by atoms with Crippen molar-refractivity contribution in [3.63, 3.8) is 0 Å². The van der Waals surface area contributed by atoms with E-state index in [4.69, 9.17) is 4.98 Å². The maximum absolute atomic E-state index is 12.7. The van der Waals surface area contributed by atoms with Gasteiger partial charge in [-0.25, -0.2) is 0 Å².